The van der Waals surface area contributed by atoms with Gasteiger partial charge in [-0.05, 0) is 42.7 Å². The summed E-state index contributed by atoms with van der Waals surface area (Å²) in [6, 6.07) is 15.2. The average Bonchev–Trinajstić information content (AvgIpc) is 2.96. The van der Waals surface area contributed by atoms with Crippen LogP contribution in [-0.2, 0) is 26.1 Å². The maximum absolute atomic E-state index is 12.8. The van der Waals surface area contributed by atoms with Gasteiger partial charge in [-0.15, -0.1) is 10.2 Å². The van der Waals surface area contributed by atoms with Crippen LogP contribution in [0.4, 0.5) is 0 Å². The summed E-state index contributed by atoms with van der Waals surface area (Å²) in [6.07, 6.45) is 4.43. The van der Waals surface area contributed by atoms with Crippen LogP contribution in [0.15, 0.2) is 53.0 Å². The van der Waals surface area contributed by atoms with Gasteiger partial charge >= 0.3 is 0 Å². The minimum absolute atomic E-state index is 0.180. The third-order valence-electron chi connectivity index (χ3n) is 5.01. The molecule has 7 heteroatoms. The van der Waals surface area contributed by atoms with Crippen LogP contribution in [0.3, 0.4) is 0 Å². The molecule has 0 unspecified atom stereocenters. The second-order valence-electron chi connectivity index (χ2n) is 7.09. The predicted molar refractivity (Wildman–Crippen MR) is 114 cm³/mol. The van der Waals surface area contributed by atoms with E-state index >= 15 is 0 Å². The van der Waals surface area contributed by atoms with Gasteiger partial charge in [0.15, 0.2) is 5.82 Å². The summed E-state index contributed by atoms with van der Waals surface area (Å²) in [5.74, 6) is 2.21. The molecule has 6 nitrogen and oxygen atoms in total. The second kappa shape index (κ2) is 9.22. The molecule has 2 heterocycles. The third kappa shape index (κ3) is 4.85. The van der Waals surface area contributed by atoms with Gasteiger partial charge in [-0.1, -0.05) is 46.6 Å². The van der Waals surface area contributed by atoms with E-state index in [0.29, 0.717) is 24.5 Å². The highest BCUT2D eigenvalue weighted by molar-refractivity contribution is 9.10. The number of ether oxygens (including phenoxy) is 1. The highest BCUT2D eigenvalue weighted by Crippen LogP contribution is 2.21. The summed E-state index contributed by atoms with van der Waals surface area (Å²) < 4.78 is 9.07. The molecule has 0 atom stereocenters. The molecule has 1 N–H and O–H groups in total. The number of benzene rings is 2. The van der Waals surface area contributed by atoms with E-state index in [0.717, 1.165) is 47.5 Å². The molecular formula is C22H23BrN4O2. The Morgan fingerprint density at radius 3 is 2.90 bits per heavy atom. The van der Waals surface area contributed by atoms with E-state index < -0.39 is 0 Å². The van der Waals surface area contributed by atoms with Crippen LogP contribution in [0.2, 0.25) is 0 Å². The van der Waals surface area contributed by atoms with Crippen LogP contribution < -0.4 is 10.1 Å². The Kier molecular flexibility index (Phi) is 6.24. The van der Waals surface area contributed by atoms with Gasteiger partial charge in [0.1, 0.15) is 18.2 Å². The van der Waals surface area contributed by atoms with E-state index in [4.69, 9.17) is 4.74 Å². The first-order valence-electron chi connectivity index (χ1n) is 9.86. The smallest absolute Gasteiger partial charge is 0.255 e. The van der Waals surface area contributed by atoms with Crippen molar-refractivity contribution >= 4 is 21.8 Å². The van der Waals surface area contributed by atoms with Crippen molar-refractivity contribution in [3.05, 3.63) is 75.8 Å². The molecular weight excluding hydrogens is 432 g/mol. The molecule has 1 aliphatic heterocycles. The van der Waals surface area contributed by atoms with Crippen molar-refractivity contribution in [2.75, 3.05) is 0 Å². The van der Waals surface area contributed by atoms with Crippen LogP contribution in [0, 0.1) is 0 Å². The topological polar surface area (TPSA) is 69.0 Å². The number of halogens is 1. The predicted octanol–water partition coefficient (Wildman–Crippen LogP) is 4.28. The third-order valence-corrected chi connectivity index (χ3v) is 5.50. The average molecular weight is 455 g/mol. The van der Waals surface area contributed by atoms with Crippen molar-refractivity contribution < 1.29 is 9.53 Å². The molecule has 0 saturated carbocycles. The number of aryl methyl sites for hydroxylation is 1. The van der Waals surface area contributed by atoms with E-state index in [1.54, 1.807) is 6.07 Å². The Bertz CT molecular complexity index is 1000. The molecule has 1 aliphatic rings. The number of nitrogens with zero attached hydrogens (tertiary/aromatic N) is 3. The normalized spacial score (nSPS) is 13.4. The zero-order valence-corrected chi connectivity index (χ0v) is 17.7. The first kappa shape index (κ1) is 19.6. The van der Waals surface area contributed by atoms with Crippen molar-refractivity contribution in [3.8, 4) is 5.75 Å². The highest BCUT2D eigenvalue weighted by atomic mass is 79.9. The van der Waals surface area contributed by atoms with Crippen LogP contribution >= 0.6 is 15.9 Å². The number of aromatic nitrogens is 3. The molecule has 1 aromatic heterocycles. The largest absolute Gasteiger partial charge is 0.488 e. The van der Waals surface area contributed by atoms with Gasteiger partial charge in [0, 0.05) is 17.4 Å². The molecule has 2 aromatic carbocycles. The molecule has 4 rings (SSSR count). The summed E-state index contributed by atoms with van der Waals surface area (Å²) in [6.45, 7) is 1.66. The molecule has 0 fully saturated rings. The van der Waals surface area contributed by atoms with Gasteiger partial charge in [-0.3, -0.25) is 4.79 Å². The number of rotatable bonds is 6. The molecule has 1 amide bonds. The van der Waals surface area contributed by atoms with Crippen LogP contribution in [0.5, 0.6) is 5.75 Å². The van der Waals surface area contributed by atoms with E-state index in [1.807, 2.05) is 42.5 Å². The molecule has 0 aliphatic carbocycles. The van der Waals surface area contributed by atoms with Gasteiger partial charge in [0.2, 0.25) is 0 Å². The molecule has 150 valence electrons. The van der Waals surface area contributed by atoms with Crippen LogP contribution in [0.25, 0.3) is 0 Å². The molecule has 0 bridgehead atoms. The number of carbonyl (C=O) groups excluding carboxylic acids is 1. The van der Waals surface area contributed by atoms with E-state index in [9.17, 15) is 4.79 Å². The van der Waals surface area contributed by atoms with Gasteiger partial charge in [0.05, 0.1) is 12.1 Å². The van der Waals surface area contributed by atoms with E-state index in [1.165, 1.54) is 6.42 Å². The number of fused-ring (bicyclic) bond motifs is 1. The minimum atomic E-state index is -0.180. The maximum Gasteiger partial charge on any atom is 0.255 e. The summed E-state index contributed by atoms with van der Waals surface area (Å²) in [4.78, 5) is 12.8. The Morgan fingerprint density at radius 2 is 2.00 bits per heavy atom. The lowest BCUT2D eigenvalue weighted by Crippen LogP contribution is -2.25. The number of nitrogens with one attached hydrogen (secondary N) is 1. The van der Waals surface area contributed by atoms with Crippen molar-refractivity contribution in [1.29, 1.82) is 0 Å². The van der Waals surface area contributed by atoms with Gasteiger partial charge in [0.25, 0.3) is 5.91 Å². The lowest BCUT2D eigenvalue weighted by Gasteiger charge is -2.12. The Balaban J connectivity index is 1.42. The fourth-order valence-electron chi connectivity index (χ4n) is 3.50. The zero-order chi connectivity index (χ0) is 20.1. The van der Waals surface area contributed by atoms with Crippen LogP contribution in [-0.4, -0.2) is 20.7 Å². The molecule has 0 spiro atoms. The minimum Gasteiger partial charge on any atom is -0.488 e. The maximum atomic E-state index is 12.8. The fraction of sp³-hybridized carbons (Fsp3) is 0.318. The van der Waals surface area contributed by atoms with Crippen LogP contribution in [0.1, 0.15) is 46.8 Å². The van der Waals surface area contributed by atoms with E-state index in [-0.39, 0.29) is 5.91 Å². The monoisotopic (exact) mass is 454 g/mol. The van der Waals surface area contributed by atoms with Gasteiger partial charge < -0.3 is 14.6 Å². The number of para-hydroxylation sites is 1. The number of carbonyl (C=O) groups is 1. The Morgan fingerprint density at radius 1 is 1.10 bits per heavy atom. The quantitative estimate of drug-likeness (QED) is 0.603. The SMILES string of the molecule is O=C(NCc1nnc2n1CCCCC2)c1ccccc1OCc1cccc(Br)c1. The zero-order valence-electron chi connectivity index (χ0n) is 16.1. The molecule has 3 aromatic rings. The molecule has 0 saturated heterocycles. The Labute approximate surface area is 178 Å². The summed E-state index contributed by atoms with van der Waals surface area (Å²) in [7, 11) is 0. The number of hydrogen-bond acceptors (Lipinski definition) is 4. The Hall–Kier alpha value is -2.67. The van der Waals surface area contributed by atoms with Crippen molar-refractivity contribution in [2.24, 2.45) is 0 Å². The second-order valence-corrected chi connectivity index (χ2v) is 8.01. The van der Waals surface area contributed by atoms with Crippen molar-refractivity contribution in [2.45, 2.75) is 45.4 Å². The highest BCUT2D eigenvalue weighted by Gasteiger charge is 2.17. The lowest BCUT2D eigenvalue weighted by atomic mass is 10.2. The summed E-state index contributed by atoms with van der Waals surface area (Å²) in [5.41, 5.74) is 1.54. The first-order chi connectivity index (χ1) is 14.2. The fourth-order valence-corrected chi connectivity index (χ4v) is 3.95. The first-order valence-corrected chi connectivity index (χ1v) is 10.7. The number of hydrogen-bond donors (Lipinski definition) is 1. The number of amides is 1. The van der Waals surface area contributed by atoms with Crippen molar-refractivity contribution in [3.63, 3.8) is 0 Å². The standard InChI is InChI=1S/C22H23BrN4O2/c23-17-8-6-7-16(13-17)15-29-19-10-4-3-9-18(19)22(28)24-14-21-26-25-20-11-2-1-5-12-27(20)21/h3-4,6-10,13H,1-2,5,11-12,14-15H2,(H,24,28). The molecule has 29 heavy (non-hydrogen) atoms. The van der Waals surface area contributed by atoms with Gasteiger partial charge in [-0.2, -0.15) is 0 Å². The lowest BCUT2D eigenvalue weighted by molar-refractivity contribution is 0.0945. The van der Waals surface area contributed by atoms with E-state index in [2.05, 4.69) is 36.0 Å². The van der Waals surface area contributed by atoms with Crippen molar-refractivity contribution in [1.82, 2.24) is 20.1 Å². The molecule has 0 radical (unpaired) electrons. The van der Waals surface area contributed by atoms with Gasteiger partial charge in [-0.25, -0.2) is 0 Å². The summed E-state index contributed by atoms with van der Waals surface area (Å²) >= 11 is 3.46. The summed E-state index contributed by atoms with van der Waals surface area (Å²) in [5, 5.41) is 11.5.